The van der Waals surface area contributed by atoms with Crippen molar-refractivity contribution in [1.29, 1.82) is 0 Å². The van der Waals surface area contributed by atoms with Crippen molar-refractivity contribution in [2.24, 2.45) is 0 Å². The van der Waals surface area contributed by atoms with Crippen molar-refractivity contribution in [1.82, 2.24) is 4.90 Å². The van der Waals surface area contributed by atoms with Crippen molar-refractivity contribution in [3.05, 3.63) is 65.7 Å². The summed E-state index contributed by atoms with van der Waals surface area (Å²) in [6.45, 7) is 1.69. The molecule has 100 valence electrons. The summed E-state index contributed by atoms with van der Waals surface area (Å²) in [6, 6.07) is 15.9. The fraction of sp³-hybridized carbons (Fsp3) is 0.125. The molecule has 2 amide bonds. The molecule has 3 rings (SSSR count). The van der Waals surface area contributed by atoms with E-state index in [1.807, 2.05) is 18.2 Å². The molecule has 1 unspecified atom stereocenters. The number of fused-ring (bicyclic) bond motifs is 1. The highest BCUT2D eigenvalue weighted by Gasteiger charge is 2.39. The number of rotatable bonds is 3. The maximum atomic E-state index is 12.3. The highest BCUT2D eigenvalue weighted by Crippen LogP contribution is 2.25. The minimum Gasteiger partial charge on any atom is -0.470 e. The summed E-state index contributed by atoms with van der Waals surface area (Å²) in [5, 5.41) is 0. The summed E-state index contributed by atoms with van der Waals surface area (Å²) in [6.07, 6.45) is -0.648. The highest BCUT2D eigenvalue weighted by atomic mass is 16.5. The van der Waals surface area contributed by atoms with Gasteiger partial charge in [0, 0.05) is 0 Å². The molecule has 1 aliphatic heterocycles. The van der Waals surface area contributed by atoms with Crippen LogP contribution < -0.4 is 4.74 Å². The van der Waals surface area contributed by atoms with E-state index in [-0.39, 0.29) is 11.8 Å². The fourth-order valence-electron chi connectivity index (χ4n) is 2.29. The van der Waals surface area contributed by atoms with Gasteiger partial charge in [-0.2, -0.15) is 0 Å². The first-order valence-electron chi connectivity index (χ1n) is 6.37. The minimum absolute atomic E-state index is 0.311. The van der Waals surface area contributed by atoms with Crippen molar-refractivity contribution >= 4 is 11.8 Å². The van der Waals surface area contributed by atoms with Gasteiger partial charge in [-0.15, -0.1) is 0 Å². The number of imide groups is 1. The first-order valence-corrected chi connectivity index (χ1v) is 6.37. The Bertz CT molecular complexity index is 631. The smallest absolute Gasteiger partial charge is 0.264 e. The summed E-state index contributed by atoms with van der Waals surface area (Å²) in [5.74, 6) is -0.000353. The lowest BCUT2D eigenvalue weighted by molar-refractivity contribution is 0.0298. The molecule has 2 aromatic rings. The Hall–Kier alpha value is -2.62. The third kappa shape index (κ3) is 1.95. The molecule has 0 saturated heterocycles. The van der Waals surface area contributed by atoms with Crippen LogP contribution in [-0.4, -0.2) is 22.9 Å². The number of para-hydroxylation sites is 1. The Balaban J connectivity index is 1.85. The van der Waals surface area contributed by atoms with Gasteiger partial charge in [-0.3, -0.25) is 9.59 Å². The van der Waals surface area contributed by atoms with Crippen molar-refractivity contribution in [2.75, 3.05) is 0 Å². The first kappa shape index (κ1) is 12.4. The van der Waals surface area contributed by atoms with Crippen molar-refractivity contribution < 1.29 is 14.3 Å². The third-order valence-electron chi connectivity index (χ3n) is 3.24. The predicted molar refractivity (Wildman–Crippen MR) is 73.5 cm³/mol. The number of nitrogens with zero attached hydrogens (tertiary/aromatic N) is 1. The Labute approximate surface area is 116 Å². The topological polar surface area (TPSA) is 46.6 Å². The molecule has 4 nitrogen and oxygen atoms in total. The molecule has 0 N–H and O–H groups in total. The Morgan fingerprint density at radius 1 is 0.850 bits per heavy atom. The van der Waals surface area contributed by atoms with Crippen LogP contribution in [0.5, 0.6) is 5.75 Å². The van der Waals surface area contributed by atoms with Crippen LogP contribution in [0.4, 0.5) is 0 Å². The van der Waals surface area contributed by atoms with Crippen LogP contribution in [0.3, 0.4) is 0 Å². The molecule has 0 aromatic heterocycles. The lowest BCUT2D eigenvalue weighted by Gasteiger charge is -2.23. The van der Waals surface area contributed by atoms with Gasteiger partial charge in [0.05, 0.1) is 11.1 Å². The van der Waals surface area contributed by atoms with Crippen LogP contribution >= 0.6 is 0 Å². The highest BCUT2D eigenvalue weighted by molar-refractivity contribution is 6.21. The minimum atomic E-state index is -0.648. The molecule has 4 heteroatoms. The van der Waals surface area contributed by atoms with E-state index in [9.17, 15) is 9.59 Å². The summed E-state index contributed by atoms with van der Waals surface area (Å²) < 4.78 is 5.65. The number of amides is 2. The molecular formula is C16H13NO3. The van der Waals surface area contributed by atoms with Crippen LogP contribution in [-0.2, 0) is 0 Å². The SMILES string of the molecule is CC(Oc1ccccc1)N1C(=O)c2ccccc2C1=O. The van der Waals surface area contributed by atoms with Crippen LogP contribution in [0.1, 0.15) is 27.6 Å². The average molecular weight is 267 g/mol. The van der Waals surface area contributed by atoms with Gasteiger partial charge in [0.1, 0.15) is 5.75 Å². The fourth-order valence-corrected chi connectivity index (χ4v) is 2.29. The number of carbonyl (C=O) groups excluding carboxylic acids is 2. The Morgan fingerprint density at radius 2 is 1.35 bits per heavy atom. The van der Waals surface area contributed by atoms with Crippen molar-refractivity contribution in [3.63, 3.8) is 0 Å². The van der Waals surface area contributed by atoms with Gasteiger partial charge >= 0.3 is 0 Å². The van der Waals surface area contributed by atoms with Crippen LogP contribution in [0.15, 0.2) is 54.6 Å². The molecular weight excluding hydrogens is 254 g/mol. The number of hydrogen-bond donors (Lipinski definition) is 0. The maximum Gasteiger partial charge on any atom is 0.264 e. The first-order chi connectivity index (χ1) is 9.68. The van der Waals surface area contributed by atoms with Gasteiger partial charge in [-0.05, 0) is 31.2 Å². The summed E-state index contributed by atoms with van der Waals surface area (Å²) >= 11 is 0. The molecule has 0 aliphatic carbocycles. The zero-order valence-electron chi connectivity index (χ0n) is 10.9. The zero-order chi connectivity index (χ0) is 14.1. The van der Waals surface area contributed by atoms with Gasteiger partial charge in [-0.1, -0.05) is 30.3 Å². The molecule has 0 radical (unpaired) electrons. The van der Waals surface area contributed by atoms with Gasteiger partial charge in [0.25, 0.3) is 11.8 Å². The van der Waals surface area contributed by atoms with Crippen LogP contribution in [0.25, 0.3) is 0 Å². The molecule has 2 aromatic carbocycles. The Kier molecular flexibility index (Phi) is 2.99. The number of hydrogen-bond acceptors (Lipinski definition) is 3. The summed E-state index contributed by atoms with van der Waals surface area (Å²) in [4.78, 5) is 25.7. The van der Waals surface area contributed by atoms with E-state index >= 15 is 0 Å². The normalized spacial score (nSPS) is 15.2. The van der Waals surface area contributed by atoms with Crippen LogP contribution in [0.2, 0.25) is 0 Å². The standard InChI is InChI=1S/C16H13NO3/c1-11(20-12-7-3-2-4-8-12)17-15(18)13-9-5-6-10-14(13)16(17)19/h2-11H,1H3. The molecule has 20 heavy (non-hydrogen) atoms. The monoisotopic (exact) mass is 267 g/mol. The van der Waals surface area contributed by atoms with Crippen molar-refractivity contribution in [3.8, 4) is 5.75 Å². The lowest BCUT2D eigenvalue weighted by atomic mass is 10.1. The predicted octanol–water partition coefficient (Wildman–Crippen LogP) is 2.71. The molecule has 1 heterocycles. The van der Waals surface area contributed by atoms with Gasteiger partial charge in [0.2, 0.25) is 0 Å². The van der Waals surface area contributed by atoms with Gasteiger partial charge in [0.15, 0.2) is 6.23 Å². The number of carbonyl (C=O) groups is 2. The van der Waals surface area contributed by atoms with Gasteiger partial charge in [-0.25, -0.2) is 4.90 Å². The molecule has 0 fully saturated rings. The van der Waals surface area contributed by atoms with E-state index in [4.69, 9.17) is 4.74 Å². The van der Waals surface area contributed by atoms with E-state index in [0.717, 1.165) is 4.90 Å². The molecule has 0 spiro atoms. The summed E-state index contributed by atoms with van der Waals surface area (Å²) in [5.41, 5.74) is 0.863. The molecule has 0 bridgehead atoms. The second-order valence-electron chi connectivity index (χ2n) is 4.56. The Morgan fingerprint density at radius 3 is 1.90 bits per heavy atom. The number of benzene rings is 2. The molecule has 1 aliphatic rings. The van der Waals surface area contributed by atoms with E-state index in [2.05, 4.69) is 0 Å². The largest absolute Gasteiger partial charge is 0.470 e. The second-order valence-corrected chi connectivity index (χ2v) is 4.56. The number of ether oxygens (including phenoxy) is 1. The third-order valence-corrected chi connectivity index (χ3v) is 3.24. The van der Waals surface area contributed by atoms with E-state index < -0.39 is 6.23 Å². The maximum absolute atomic E-state index is 12.3. The van der Waals surface area contributed by atoms with E-state index in [0.29, 0.717) is 16.9 Å². The second kappa shape index (κ2) is 4.81. The van der Waals surface area contributed by atoms with Gasteiger partial charge < -0.3 is 4.74 Å². The lowest BCUT2D eigenvalue weighted by Crippen LogP contribution is -2.41. The van der Waals surface area contributed by atoms with Crippen molar-refractivity contribution in [2.45, 2.75) is 13.2 Å². The molecule has 1 atom stereocenters. The van der Waals surface area contributed by atoms with E-state index in [1.165, 1.54) is 0 Å². The van der Waals surface area contributed by atoms with Crippen LogP contribution in [0, 0.1) is 0 Å². The quantitative estimate of drug-likeness (QED) is 0.803. The average Bonchev–Trinajstić information content (AvgIpc) is 2.72. The molecule has 0 saturated carbocycles. The summed E-state index contributed by atoms with van der Waals surface area (Å²) in [7, 11) is 0. The van der Waals surface area contributed by atoms with E-state index in [1.54, 1.807) is 43.3 Å². The zero-order valence-corrected chi connectivity index (χ0v) is 10.9.